The van der Waals surface area contributed by atoms with E-state index >= 15 is 0 Å². The maximum atomic E-state index is 12.9. The topological polar surface area (TPSA) is 40.5 Å². The Bertz CT molecular complexity index is 635. The molecule has 0 radical (unpaired) electrons. The summed E-state index contributed by atoms with van der Waals surface area (Å²) in [5.41, 5.74) is -0.419. The number of carboxylic acids is 1. The van der Waals surface area contributed by atoms with Gasteiger partial charge in [0.2, 0.25) is 0 Å². The maximum absolute atomic E-state index is 12.9. The van der Waals surface area contributed by atoms with Crippen molar-refractivity contribution in [2.45, 2.75) is 56.9 Å². The Labute approximate surface area is 143 Å². The van der Waals surface area contributed by atoms with E-state index in [1.54, 1.807) is 0 Å². The third kappa shape index (κ3) is 3.40. The molecule has 1 aliphatic heterocycles. The van der Waals surface area contributed by atoms with Crippen molar-refractivity contribution in [1.82, 2.24) is 4.90 Å². The van der Waals surface area contributed by atoms with Crippen LogP contribution in [0.2, 0.25) is 5.02 Å². The van der Waals surface area contributed by atoms with Gasteiger partial charge in [0, 0.05) is 17.6 Å². The summed E-state index contributed by atoms with van der Waals surface area (Å²) in [6.45, 7) is 0.140. The van der Waals surface area contributed by atoms with Gasteiger partial charge in [0.1, 0.15) is 6.04 Å². The second kappa shape index (κ2) is 6.56. The Hall–Kier alpha value is -1.27. The smallest absolute Gasteiger partial charge is 0.416 e. The minimum Gasteiger partial charge on any atom is -0.480 e. The van der Waals surface area contributed by atoms with E-state index in [1.165, 1.54) is 6.07 Å². The first-order chi connectivity index (χ1) is 11.3. The molecule has 1 aromatic rings. The minimum absolute atomic E-state index is 0.116. The Morgan fingerprint density at radius 1 is 1.29 bits per heavy atom. The fourth-order valence-electron chi connectivity index (χ4n) is 4.09. The molecule has 2 fully saturated rings. The molecule has 0 amide bonds. The lowest BCUT2D eigenvalue weighted by Gasteiger charge is -2.33. The fourth-order valence-corrected chi connectivity index (χ4v) is 4.27. The quantitative estimate of drug-likeness (QED) is 0.856. The minimum atomic E-state index is -4.44. The second-order valence-electron chi connectivity index (χ2n) is 6.68. The van der Waals surface area contributed by atoms with Crippen LogP contribution in [-0.4, -0.2) is 28.1 Å². The van der Waals surface area contributed by atoms with Crippen molar-refractivity contribution in [2.75, 3.05) is 0 Å². The van der Waals surface area contributed by atoms with E-state index < -0.39 is 23.8 Å². The summed E-state index contributed by atoms with van der Waals surface area (Å²) in [7, 11) is 0. The summed E-state index contributed by atoms with van der Waals surface area (Å²) < 4.78 is 38.8. The second-order valence-corrected chi connectivity index (χ2v) is 7.09. The van der Waals surface area contributed by atoms with Gasteiger partial charge in [0.15, 0.2) is 0 Å². The van der Waals surface area contributed by atoms with Crippen molar-refractivity contribution < 1.29 is 23.1 Å². The highest BCUT2D eigenvalue weighted by Gasteiger charge is 2.45. The zero-order chi connectivity index (χ0) is 17.5. The van der Waals surface area contributed by atoms with Crippen molar-refractivity contribution in [3.05, 3.63) is 34.3 Å². The van der Waals surface area contributed by atoms with Crippen molar-refractivity contribution in [3.8, 4) is 0 Å². The van der Waals surface area contributed by atoms with Crippen LogP contribution in [-0.2, 0) is 17.5 Å². The number of alkyl halides is 3. The number of likely N-dealkylation sites (tertiary alicyclic amines) is 1. The number of nitrogens with zero attached hydrogens (tertiary/aromatic N) is 1. The third-order valence-corrected chi connectivity index (χ3v) is 5.60. The standard InChI is InChI=1S/C17H19ClF3NO2/c18-13-6-5-12(17(19,20)21)7-11(13)9-22-14-4-2-1-3-10(14)8-15(22)16(23)24/h5-7,10,14-15H,1-4,8-9H2,(H,23,24). The monoisotopic (exact) mass is 361 g/mol. The Morgan fingerprint density at radius 3 is 2.67 bits per heavy atom. The van der Waals surface area contributed by atoms with E-state index in [4.69, 9.17) is 11.6 Å². The van der Waals surface area contributed by atoms with Gasteiger partial charge in [-0.3, -0.25) is 9.69 Å². The van der Waals surface area contributed by atoms with E-state index in [9.17, 15) is 23.1 Å². The number of fused-ring (bicyclic) bond motifs is 1. The van der Waals surface area contributed by atoms with Crippen LogP contribution < -0.4 is 0 Å². The van der Waals surface area contributed by atoms with Crippen LogP contribution >= 0.6 is 11.6 Å². The summed E-state index contributed by atoms with van der Waals surface area (Å²) in [5.74, 6) is -0.600. The number of carbonyl (C=O) groups is 1. The van der Waals surface area contributed by atoms with Crippen LogP contribution in [0.4, 0.5) is 13.2 Å². The number of aliphatic carboxylic acids is 1. The molecule has 1 aliphatic carbocycles. The summed E-state index contributed by atoms with van der Waals surface area (Å²) in [6.07, 6.45) is 0.124. The van der Waals surface area contributed by atoms with Crippen molar-refractivity contribution >= 4 is 17.6 Å². The van der Waals surface area contributed by atoms with Crippen molar-refractivity contribution in [2.24, 2.45) is 5.92 Å². The van der Waals surface area contributed by atoms with Crippen LogP contribution in [0.1, 0.15) is 43.2 Å². The van der Waals surface area contributed by atoms with Gasteiger partial charge in [-0.1, -0.05) is 24.4 Å². The molecule has 0 spiro atoms. The maximum Gasteiger partial charge on any atom is 0.416 e. The molecular weight excluding hydrogens is 343 g/mol. The lowest BCUT2D eigenvalue weighted by molar-refractivity contribution is -0.143. The van der Waals surface area contributed by atoms with Crippen molar-refractivity contribution in [3.63, 3.8) is 0 Å². The molecule has 3 rings (SSSR count). The SMILES string of the molecule is O=C(O)C1CC2CCCCC2N1Cc1cc(C(F)(F)F)ccc1Cl. The van der Waals surface area contributed by atoms with Gasteiger partial charge in [-0.15, -0.1) is 0 Å². The number of carboxylic acid groups (broad SMARTS) is 1. The molecule has 1 saturated heterocycles. The molecule has 3 nitrogen and oxygen atoms in total. The van der Waals surface area contributed by atoms with E-state index in [-0.39, 0.29) is 17.6 Å². The fraction of sp³-hybridized carbons (Fsp3) is 0.588. The highest BCUT2D eigenvalue weighted by molar-refractivity contribution is 6.31. The molecule has 24 heavy (non-hydrogen) atoms. The van der Waals surface area contributed by atoms with E-state index in [2.05, 4.69) is 0 Å². The van der Waals surface area contributed by atoms with Gasteiger partial charge in [-0.05, 0) is 48.9 Å². The molecule has 1 N–H and O–H groups in total. The van der Waals surface area contributed by atoms with Crippen LogP contribution in [0.25, 0.3) is 0 Å². The normalized spacial score (nSPS) is 27.9. The Kier molecular flexibility index (Phi) is 4.80. The number of hydrogen-bond donors (Lipinski definition) is 1. The Morgan fingerprint density at radius 2 is 2.00 bits per heavy atom. The summed E-state index contributed by atoms with van der Waals surface area (Å²) in [6, 6.07) is 2.70. The summed E-state index contributed by atoms with van der Waals surface area (Å²) in [5, 5.41) is 9.75. The molecule has 3 atom stereocenters. The molecule has 3 unspecified atom stereocenters. The lowest BCUT2D eigenvalue weighted by atomic mass is 9.84. The van der Waals surface area contributed by atoms with E-state index in [1.807, 2.05) is 4.90 Å². The summed E-state index contributed by atoms with van der Waals surface area (Å²) >= 11 is 6.09. The number of rotatable bonds is 3. The van der Waals surface area contributed by atoms with Crippen LogP contribution in [0, 0.1) is 5.92 Å². The molecular formula is C17H19ClF3NO2. The number of hydrogen-bond acceptors (Lipinski definition) is 2. The predicted octanol–water partition coefficient (Wildman–Crippen LogP) is 4.58. The predicted molar refractivity (Wildman–Crippen MR) is 83.8 cm³/mol. The van der Waals surface area contributed by atoms with E-state index in [0.29, 0.717) is 17.9 Å². The number of halogens is 4. The molecule has 1 aromatic carbocycles. The van der Waals surface area contributed by atoms with Gasteiger partial charge in [0.05, 0.1) is 5.56 Å². The molecule has 0 bridgehead atoms. The first kappa shape index (κ1) is 17.5. The first-order valence-electron chi connectivity index (χ1n) is 8.11. The zero-order valence-electron chi connectivity index (χ0n) is 13.0. The van der Waals surface area contributed by atoms with Crippen LogP contribution in [0.15, 0.2) is 18.2 Å². The average Bonchev–Trinajstić information content (AvgIpc) is 2.87. The molecule has 1 heterocycles. The molecule has 1 saturated carbocycles. The first-order valence-corrected chi connectivity index (χ1v) is 8.49. The molecule has 0 aromatic heterocycles. The van der Waals surface area contributed by atoms with Crippen molar-refractivity contribution in [1.29, 1.82) is 0 Å². The van der Waals surface area contributed by atoms with Gasteiger partial charge in [-0.25, -0.2) is 0 Å². The van der Waals surface area contributed by atoms with Gasteiger partial charge >= 0.3 is 12.1 Å². The molecule has 132 valence electrons. The number of benzene rings is 1. The van der Waals surface area contributed by atoms with Gasteiger partial charge in [0.25, 0.3) is 0 Å². The third-order valence-electron chi connectivity index (χ3n) is 5.23. The average molecular weight is 362 g/mol. The highest BCUT2D eigenvalue weighted by Crippen LogP contribution is 2.41. The van der Waals surface area contributed by atoms with E-state index in [0.717, 1.165) is 37.8 Å². The van der Waals surface area contributed by atoms with Gasteiger partial charge < -0.3 is 5.11 Å². The lowest BCUT2D eigenvalue weighted by Crippen LogP contribution is -2.41. The molecule has 7 heteroatoms. The van der Waals surface area contributed by atoms with Gasteiger partial charge in [-0.2, -0.15) is 13.2 Å². The molecule has 2 aliphatic rings. The van der Waals surface area contributed by atoms with Crippen LogP contribution in [0.5, 0.6) is 0 Å². The summed E-state index contributed by atoms with van der Waals surface area (Å²) in [4.78, 5) is 13.4. The van der Waals surface area contributed by atoms with Crippen LogP contribution in [0.3, 0.4) is 0 Å². The largest absolute Gasteiger partial charge is 0.480 e. The zero-order valence-corrected chi connectivity index (χ0v) is 13.8. The Balaban J connectivity index is 1.89. The highest BCUT2D eigenvalue weighted by atomic mass is 35.5.